The highest BCUT2D eigenvalue weighted by atomic mass is 79.9. The molecule has 4 nitrogen and oxygen atoms in total. The summed E-state index contributed by atoms with van der Waals surface area (Å²) in [6.07, 6.45) is 2.40. The number of amides is 1. The van der Waals surface area contributed by atoms with E-state index in [1.165, 1.54) is 12.8 Å². The van der Waals surface area contributed by atoms with Crippen LogP contribution in [0.25, 0.3) is 0 Å². The minimum absolute atomic E-state index is 0.164. The quantitative estimate of drug-likeness (QED) is 0.888. The Kier molecular flexibility index (Phi) is 2.34. The van der Waals surface area contributed by atoms with Gasteiger partial charge in [-0.25, -0.2) is 0 Å². The summed E-state index contributed by atoms with van der Waals surface area (Å²) in [6, 6.07) is 0. The Morgan fingerprint density at radius 2 is 2.36 bits per heavy atom. The number of primary amides is 1. The molecule has 1 aromatic rings. The molecule has 1 aromatic heterocycles. The largest absolute Gasteiger partial charge is 0.368 e. The standard InChI is InChI=1S/C9H12BrN3O/c1-5-8(10)9(6-2-3-6)12-13(5)4-7(11)14/h6H,2-4H2,1H3,(H2,11,14). The summed E-state index contributed by atoms with van der Waals surface area (Å²) in [5.74, 6) is 0.225. The van der Waals surface area contributed by atoms with Crippen molar-refractivity contribution < 1.29 is 4.79 Å². The lowest BCUT2D eigenvalue weighted by atomic mass is 10.3. The third-order valence-electron chi connectivity index (χ3n) is 2.43. The molecule has 0 aliphatic heterocycles. The molecule has 0 spiro atoms. The zero-order valence-corrected chi connectivity index (χ0v) is 9.54. The van der Waals surface area contributed by atoms with Gasteiger partial charge in [0.1, 0.15) is 6.54 Å². The number of carbonyl (C=O) groups excluding carboxylic acids is 1. The first-order valence-electron chi connectivity index (χ1n) is 4.60. The highest BCUT2D eigenvalue weighted by molar-refractivity contribution is 9.10. The van der Waals surface area contributed by atoms with Crippen LogP contribution in [0.5, 0.6) is 0 Å². The van der Waals surface area contributed by atoms with Gasteiger partial charge in [-0.1, -0.05) is 0 Å². The molecule has 2 rings (SSSR count). The highest BCUT2D eigenvalue weighted by Gasteiger charge is 2.30. The van der Waals surface area contributed by atoms with Gasteiger partial charge in [-0.15, -0.1) is 0 Å². The predicted molar refractivity (Wildman–Crippen MR) is 55.8 cm³/mol. The van der Waals surface area contributed by atoms with E-state index >= 15 is 0 Å². The highest BCUT2D eigenvalue weighted by Crippen LogP contribution is 2.43. The van der Waals surface area contributed by atoms with E-state index in [1.807, 2.05) is 6.92 Å². The first-order valence-corrected chi connectivity index (χ1v) is 5.40. The first kappa shape index (κ1) is 9.71. The Labute approximate surface area is 90.6 Å². The summed E-state index contributed by atoms with van der Waals surface area (Å²) in [7, 11) is 0. The van der Waals surface area contributed by atoms with Crippen LogP contribution in [0.4, 0.5) is 0 Å². The van der Waals surface area contributed by atoms with E-state index in [9.17, 15) is 4.79 Å². The van der Waals surface area contributed by atoms with Gasteiger partial charge in [0.05, 0.1) is 15.9 Å². The molecule has 2 N–H and O–H groups in total. The Morgan fingerprint density at radius 3 is 2.86 bits per heavy atom. The second kappa shape index (κ2) is 3.38. The van der Waals surface area contributed by atoms with Crippen LogP contribution in [0.2, 0.25) is 0 Å². The molecule has 0 radical (unpaired) electrons. The van der Waals surface area contributed by atoms with Crippen molar-refractivity contribution in [1.29, 1.82) is 0 Å². The third kappa shape index (κ3) is 1.68. The number of aromatic nitrogens is 2. The van der Waals surface area contributed by atoms with Crippen LogP contribution in [0, 0.1) is 6.92 Å². The van der Waals surface area contributed by atoms with Gasteiger partial charge in [0.2, 0.25) is 5.91 Å². The average molecular weight is 258 g/mol. The maximum absolute atomic E-state index is 10.8. The molecule has 1 amide bonds. The summed E-state index contributed by atoms with van der Waals surface area (Å²) in [5.41, 5.74) is 7.18. The van der Waals surface area contributed by atoms with Crippen LogP contribution in [-0.4, -0.2) is 15.7 Å². The number of nitrogens with two attached hydrogens (primary N) is 1. The number of hydrogen-bond acceptors (Lipinski definition) is 2. The van der Waals surface area contributed by atoms with Crippen LogP contribution >= 0.6 is 15.9 Å². The molecule has 14 heavy (non-hydrogen) atoms. The normalized spacial score (nSPS) is 15.9. The zero-order valence-electron chi connectivity index (χ0n) is 7.96. The smallest absolute Gasteiger partial charge is 0.239 e. The third-order valence-corrected chi connectivity index (χ3v) is 3.41. The summed E-state index contributed by atoms with van der Waals surface area (Å²) < 4.78 is 2.70. The zero-order chi connectivity index (χ0) is 10.3. The van der Waals surface area contributed by atoms with Gasteiger partial charge >= 0.3 is 0 Å². The van der Waals surface area contributed by atoms with E-state index in [-0.39, 0.29) is 12.5 Å². The molecule has 1 aliphatic rings. The van der Waals surface area contributed by atoms with Gasteiger partial charge < -0.3 is 5.73 Å². The fourth-order valence-corrected chi connectivity index (χ4v) is 2.07. The molecule has 0 aromatic carbocycles. The fourth-order valence-electron chi connectivity index (χ4n) is 1.47. The van der Waals surface area contributed by atoms with Crippen molar-refractivity contribution in [2.45, 2.75) is 32.2 Å². The van der Waals surface area contributed by atoms with Crippen molar-refractivity contribution in [2.75, 3.05) is 0 Å². The number of hydrogen-bond donors (Lipinski definition) is 1. The molecule has 5 heteroatoms. The predicted octanol–water partition coefficient (Wildman–Crippen LogP) is 1.32. The van der Waals surface area contributed by atoms with Gasteiger partial charge in [0.15, 0.2) is 0 Å². The van der Waals surface area contributed by atoms with Gasteiger partial charge in [-0.2, -0.15) is 5.10 Å². The lowest BCUT2D eigenvalue weighted by molar-refractivity contribution is -0.118. The minimum atomic E-state index is -0.356. The van der Waals surface area contributed by atoms with Crippen LogP contribution in [0.15, 0.2) is 4.47 Å². The second-order valence-corrected chi connectivity index (χ2v) is 4.48. The van der Waals surface area contributed by atoms with Crippen molar-refractivity contribution >= 4 is 21.8 Å². The van der Waals surface area contributed by atoms with Crippen molar-refractivity contribution in [3.8, 4) is 0 Å². The van der Waals surface area contributed by atoms with Crippen LogP contribution in [0.3, 0.4) is 0 Å². The van der Waals surface area contributed by atoms with Crippen molar-refractivity contribution in [2.24, 2.45) is 5.73 Å². The van der Waals surface area contributed by atoms with Gasteiger partial charge in [-0.05, 0) is 35.7 Å². The lowest BCUT2D eigenvalue weighted by Gasteiger charge is -1.99. The van der Waals surface area contributed by atoms with Crippen molar-refractivity contribution in [1.82, 2.24) is 9.78 Å². The monoisotopic (exact) mass is 257 g/mol. The maximum Gasteiger partial charge on any atom is 0.239 e. The van der Waals surface area contributed by atoms with E-state index < -0.39 is 0 Å². The van der Waals surface area contributed by atoms with Crippen LogP contribution in [-0.2, 0) is 11.3 Å². The summed E-state index contributed by atoms with van der Waals surface area (Å²) in [4.78, 5) is 10.8. The van der Waals surface area contributed by atoms with Crippen molar-refractivity contribution in [3.63, 3.8) is 0 Å². The van der Waals surface area contributed by atoms with E-state index in [0.29, 0.717) is 5.92 Å². The molecule has 0 atom stereocenters. The molecule has 0 bridgehead atoms. The molecule has 1 fully saturated rings. The Morgan fingerprint density at radius 1 is 1.71 bits per heavy atom. The Hall–Kier alpha value is -0.840. The van der Waals surface area contributed by atoms with Gasteiger partial charge in [0.25, 0.3) is 0 Å². The molecule has 76 valence electrons. The number of rotatable bonds is 3. The van der Waals surface area contributed by atoms with E-state index in [2.05, 4.69) is 21.0 Å². The lowest BCUT2D eigenvalue weighted by Crippen LogP contribution is -2.20. The van der Waals surface area contributed by atoms with Gasteiger partial charge in [-0.3, -0.25) is 9.48 Å². The number of halogens is 1. The molecule has 1 aliphatic carbocycles. The van der Waals surface area contributed by atoms with Gasteiger partial charge in [0, 0.05) is 5.92 Å². The summed E-state index contributed by atoms with van der Waals surface area (Å²) >= 11 is 3.50. The van der Waals surface area contributed by atoms with E-state index in [4.69, 9.17) is 5.73 Å². The SMILES string of the molecule is Cc1c(Br)c(C2CC2)nn1CC(N)=O. The second-order valence-electron chi connectivity index (χ2n) is 3.68. The minimum Gasteiger partial charge on any atom is -0.368 e. The summed E-state index contributed by atoms with van der Waals surface area (Å²) in [5, 5.41) is 4.38. The molecule has 1 heterocycles. The van der Waals surface area contributed by atoms with Crippen LogP contribution < -0.4 is 5.73 Å². The maximum atomic E-state index is 10.8. The van der Waals surface area contributed by atoms with Crippen LogP contribution in [0.1, 0.15) is 30.1 Å². The molecular weight excluding hydrogens is 246 g/mol. The first-order chi connectivity index (χ1) is 6.59. The number of nitrogens with zero attached hydrogens (tertiary/aromatic N) is 2. The molecule has 0 unspecified atom stereocenters. The fraction of sp³-hybridized carbons (Fsp3) is 0.556. The topological polar surface area (TPSA) is 60.9 Å². The molecular formula is C9H12BrN3O. The summed E-state index contributed by atoms with van der Waals surface area (Å²) in [6.45, 7) is 2.10. The molecule has 0 saturated heterocycles. The van der Waals surface area contributed by atoms with Crippen molar-refractivity contribution in [3.05, 3.63) is 15.9 Å². The average Bonchev–Trinajstić information content (AvgIpc) is 2.88. The number of carbonyl (C=O) groups is 1. The molecule has 1 saturated carbocycles. The van der Waals surface area contributed by atoms with E-state index in [0.717, 1.165) is 15.9 Å². The Bertz CT molecular complexity index is 382. The Balaban J connectivity index is 2.31. The van der Waals surface area contributed by atoms with E-state index in [1.54, 1.807) is 4.68 Å².